The summed E-state index contributed by atoms with van der Waals surface area (Å²) < 4.78 is 0. The highest BCUT2D eigenvalue weighted by Crippen LogP contribution is 2.10. The van der Waals surface area contributed by atoms with Gasteiger partial charge in [-0.1, -0.05) is 19.9 Å². The Labute approximate surface area is 101 Å². The van der Waals surface area contributed by atoms with Crippen molar-refractivity contribution in [2.24, 2.45) is 11.7 Å². The lowest BCUT2D eigenvalue weighted by Crippen LogP contribution is -2.45. The Bertz CT molecular complexity index is 322. The van der Waals surface area contributed by atoms with E-state index < -0.39 is 0 Å². The van der Waals surface area contributed by atoms with E-state index in [2.05, 4.69) is 11.4 Å². The van der Waals surface area contributed by atoms with Crippen LogP contribution in [0.3, 0.4) is 0 Å². The third-order valence-electron chi connectivity index (χ3n) is 2.65. The number of rotatable bonds is 5. The summed E-state index contributed by atoms with van der Waals surface area (Å²) in [5, 5.41) is 2.05. The maximum Gasteiger partial charge on any atom is 0.239 e. The predicted octanol–water partition coefficient (Wildman–Crippen LogP) is 1.73. The molecule has 1 atom stereocenters. The van der Waals surface area contributed by atoms with Gasteiger partial charge in [0.25, 0.3) is 0 Å². The molecule has 0 fully saturated rings. The molecule has 0 saturated carbocycles. The molecule has 90 valence electrons. The Kier molecular flexibility index (Phi) is 4.96. The molecule has 1 rings (SSSR count). The van der Waals surface area contributed by atoms with Crippen molar-refractivity contribution < 1.29 is 4.79 Å². The third kappa shape index (κ3) is 3.61. The number of nitrogens with two attached hydrogens (primary N) is 1. The molecule has 1 amide bonds. The molecule has 16 heavy (non-hydrogen) atoms. The van der Waals surface area contributed by atoms with E-state index >= 15 is 0 Å². The van der Waals surface area contributed by atoms with Gasteiger partial charge in [0.2, 0.25) is 5.91 Å². The maximum atomic E-state index is 11.8. The smallest absolute Gasteiger partial charge is 0.239 e. The summed E-state index contributed by atoms with van der Waals surface area (Å²) in [6.45, 7) is 4.67. The molecule has 1 heterocycles. The summed E-state index contributed by atoms with van der Waals surface area (Å²) in [6.07, 6.45) is 0.907. The standard InChI is InChI=1S/C12H20N2OS/c1-9(2)11(13)12(15)14(3)7-6-10-5-4-8-16-10/h4-5,8-9,11H,6-7,13H2,1-3H3. The van der Waals surface area contributed by atoms with Gasteiger partial charge in [-0.3, -0.25) is 4.79 Å². The first-order chi connectivity index (χ1) is 7.52. The summed E-state index contributed by atoms with van der Waals surface area (Å²) in [5.41, 5.74) is 5.82. The fourth-order valence-electron chi connectivity index (χ4n) is 1.38. The van der Waals surface area contributed by atoms with E-state index in [0.717, 1.165) is 13.0 Å². The number of carbonyl (C=O) groups is 1. The number of likely N-dealkylation sites (N-methyl/N-ethyl adjacent to an activating group) is 1. The van der Waals surface area contributed by atoms with Crippen molar-refractivity contribution in [2.75, 3.05) is 13.6 Å². The van der Waals surface area contributed by atoms with E-state index in [1.807, 2.05) is 27.0 Å². The first-order valence-corrected chi connectivity index (χ1v) is 6.43. The average molecular weight is 240 g/mol. The third-order valence-corrected chi connectivity index (χ3v) is 3.59. The van der Waals surface area contributed by atoms with Crippen LogP contribution in [0.5, 0.6) is 0 Å². The second-order valence-electron chi connectivity index (χ2n) is 4.36. The van der Waals surface area contributed by atoms with Crippen molar-refractivity contribution in [3.8, 4) is 0 Å². The van der Waals surface area contributed by atoms with Crippen molar-refractivity contribution in [3.05, 3.63) is 22.4 Å². The lowest BCUT2D eigenvalue weighted by Gasteiger charge is -2.23. The van der Waals surface area contributed by atoms with Crippen molar-refractivity contribution >= 4 is 17.2 Å². The average Bonchev–Trinajstić information content (AvgIpc) is 2.76. The summed E-state index contributed by atoms with van der Waals surface area (Å²) >= 11 is 1.72. The quantitative estimate of drug-likeness (QED) is 0.852. The van der Waals surface area contributed by atoms with Crippen LogP contribution < -0.4 is 5.73 Å². The second kappa shape index (κ2) is 6.01. The second-order valence-corrected chi connectivity index (χ2v) is 5.39. The van der Waals surface area contributed by atoms with Crippen LogP contribution in [-0.4, -0.2) is 30.4 Å². The predicted molar refractivity (Wildman–Crippen MR) is 68.5 cm³/mol. The number of nitrogens with zero attached hydrogens (tertiary/aromatic N) is 1. The maximum absolute atomic E-state index is 11.8. The zero-order chi connectivity index (χ0) is 12.1. The van der Waals surface area contributed by atoms with Crippen molar-refractivity contribution in [1.29, 1.82) is 0 Å². The molecule has 0 aromatic carbocycles. The van der Waals surface area contributed by atoms with Crippen molar-refractivity contribution in [3.63, 3.8) is 0 Å². The Morgan fingerprint density at radius 1 is 1.56 bits per heavy atom. The Morgan fingerprint density at radius 2 is 2.25 bits per heavy atom. The molecule has 0 bridgehead atoms. The molecule has 0 aliphatic carbocycles. The van der Waals surface area contributed by atoms with Crippen LogP contribution in [-0.2, 0) is 11.2 Å². The van der Waals surface area contributed by atoms with Crippen LogP contribution >= 0.6 is 11.3 Å². The molecule has 0 aliphatic rings. The first-order valence-electron chi connectivity index (χ1n) is 5.55. The minimum Gasteiger partial charge on any atom is -0.344 e. The van der Waals surface area contributed by atoms with Crippen LogP contribution in [0.2, 0.25) is 0 Å². The van der Waals surface area contributed by atoms with Gasteiger partial charge in [-0.15, -0.1) is 11.3 Å². The number of amides is 1. The molecule has 1 aromatic rings. The van der Waals surface area contributed by atoms with E-state index in [9.17, 15) is 4.79 Å². The molecule has 1 aromatic heterocycles. The molecular weight excluding hydrogens is 220 g/mol. The van der Waals surface area contributed by atoms with Gasteiger partial charge in [-0.2, -0.15) is 0 Å². The van der Waals surface area contributed by atoms with Gasteiger partial charge in [-0.05, 0) is 23.8 Å². The lowest BCUT2D eigenvalue weighted by molar-refractivity contribution is -0.132. The number of hydrogen-bond acceptors (Lipinski definition) is 3. The molecular formula is C12H20N2OS. The Morgan fingerprint density at radius 3 is 2.75 bits per heavy atom. The Hall–Kier alpha value is -0.870. The van der Waals surface area contributed by atoms with Gasteiger partial charge in [0.1, 0.15) is 0 Å². The summed E-state index contributed by atoms with van der Waals surface area (Å²) in [6, 6.07) is 3.74. The van der Waals surface area contributed by atoms with E-state index in [1.165, 1.54) is 4.88 Å². The molecule has 1 unspecified atom stereocenters. The van der Waals surface area contributed by atoms with E-state index in [1.54, 1.807) is 16.2 Å². The zero-order valence-corrected chi connectivity index (χ0v) is 11.0. The number of thiophene rings is 1. The summed E-state index contributed by atoms with van der Waals surface area (Å²) in [7, 11) is 1.82. The van der Waals surface area contributed by atoms with Gasteiger partial charge in [0, 0.05) is 18.5 Å². The van der Waals surface area contributed by atoms with E-state index in [0.29, 0.717) is 0 Å². The topological polar surface area (TPSA) is 46.3 Å². The van der Waals surface area contributed by atoms with Crippen LogP contribution in [0.1, 0.15) is 18.7 Å². The summed E-state index contributed by atoms with van der Waals surface area (Å²) in [5.74, 6) is 0.225. The largest absolute Gasteiger partial charge is 0.344 e. The molecule has 0 radical (unpaired) electrons. The van der Waals surface area contributed by atoms with Gasteiger partial charge in [0.05, 0.1) is 6.04 Å². The highest BCUT2D eigenvalue weighted by atomic mass is 32.1. The molecule has 0 aliphatic heterocycles. The first kappa shape index (κ1) is 13.2. The van der Waals surface area contributed by atoms with E-state index in [-0.39, 0.29) is 17.9 Å². The van der Waals surface area contributed by atoms with Crippen molar-refractivity contribution in [2.45, 2.75) is 26.3 Å². The van der Waals surface area contributed by atoms with Crippen LogP contribution in [0, 0.1) is 5.92 Å². The van der Waals surface area contributed by atoms with Crippen molar-refractivity contribution in [1.82, 2.24) is 4.90 Å². The van der Waals surface area contributed by atoms with Crippen LogP contribution in [0.25, 0.3) is 0 Å². The van der Waals surface area contributed by atoms with E-state index in [4.69, 9.17) is 5.73 Å². The monoisotopic (exact) mass is 240 g/mol. The zero-order valence-electron chi connectivity index (χ0n) is 10.1. The van der Waals surface area contributed by atoms with Gasteiger partial charge in [0.15, 0.2) is 0 Å². The van der Waals surface area contributed by atoms with Crippen LogP contribution in [0.15, 0.2) is 17.5 Å². The molecule has 0 saturated heterocycles. The normalized spacial score (nSPS) is 12.8. The highest BCUT2D eigenvalue weighted by Gasteiger charge is 2.20. The molecule has 3 nitrogen and oxygen atoms in total. The van der Waals surface area contributed by atoms with Crippen LogP contribution in [0.4, 0.5) is 0 Å². The minimum absolute atomic E-state index is 0.0338. The SMILES string of the molecule is CC(C)C(N)C(=O)N(C)CCc1cccs1. The number of carbonyl (C=O) groups excluding carboxylic acids is 1. The molecule has 2 N–H and O–H groups in total. The molecule has 0 spiro atoms. The summed E-state index contributed by atoms with van der Waals surface area (Å²) in [4.78, 5) is 14.9. The lowest BCUT2D eigenvalue weighted by atomic mass is 10.0. The van der Waals surface area contributed by atoms with Gasteiger partial charge in [-0.25, -0.2) is 0 Å². The fourth-order valence-corrected chi connectivity index (χ4v) is 2.08. The van der Waals surface area contributed by atoms with Gasteiger partial charge < -0.3 is 10.6 Å². The van der Waals surface area contributed by atoms with Gasteiger partial charge >= 0.3 is 0 Å². The Balaban J connectivity index is 2.40. The molecule has 4 heteroatoms. The number of hydrogen-bond donors (Lipinski definition) is 1. The minimum atomic E-state index is -0.381. The fraction of sp³-hybridized carbons (Fsp3) is 0.583. The highest BCUT2D eigenvalue weighted by molar-refractivity contribution is 7.09.